The number of nitrogens with zero attached hydrogens (tertiary/aromatic N) is 1. The lowest BCUT2D eigenvalue weighted by atomic mass is 10.2. The van der Waals surface area contributed by atoms with E-state index in [4.69, 9.17) is 0 Å². The maximum Gasteiger partial charge on any atom is 0.294 e. The number of unbranched alkanes of at least 4 members (excludes halogenated alkanes) is 1. The lowest BCUT2D eigenvalue weighted by Crippen LogP contribution is -2.13. The molecule has 0 aliphatic carbocycles. The highest BCUT2D eigenvalue weighted by Gasteiger charge is 2.07. The zero-order chi connectivity index (χ0) is 8.69. The van der Waals surface area contributed by atoms with Crippen LogP contribution in [0.4, 0.5) is 4.39 Å². The topological polar surface area (TPSA) is 52.4 Å². The van der Waals surface area contributed by atoms with Crippen LogP contribution in [-0.4, -0.2) is 17.9 Å². The van der Waals surface area contributed by atoms with Gasteiger partial charge in [0.2, 0.25) is 0 Å². The summed E-state index contributed by atoms with van der Waals surface area (Å²) < 4.78 is 12.5. The molecular formula is C6H12FNO3. The summed E-state index contributed by atoms with van der Waals surface area (Å²) in [5.74, 6) is 0. The fourth-order valence-corrected chi connectivity index (χ4v) is 0.651. The summed E-state index contributed by atoms with van der Waals surface area (Å²) in [6.45, 7) is 1.49. The first-order chi connectivity index (χ1) is 5.16. The number of rotatable bonds is 6. The summed E-state index contributed by atoms with van der Waals surface area (Å²) in [4.78, 5) is 13.4. The highest BCUT2D eigenvalue weighted by Crippen LogP contribution is 2.04. The Kier molecular flexibility index (Phi) is 5.42. The quantitative estimate of drug-likeness (QED) is 0.444. The molecule has 0 saturated heterocycles. The van der Waals surface area contributed by atoms with E-state index >= 15 is 0 Å². The van der Waals surface area contributed by atoms with Gasteiger partial charge in [0, 0.05) is 0 Å². The van der Waals surface area contributed by atoms with E-state index in [1.54, 1.807) is 0 Å². The largest absolute Gasteiger partial charge is 0.311 e. The summed E-state index contributed by atoms with van der Waals surface area (Å²) >= 11 is 0. The summed E-state index contributed by atoms with van der Waals surface area (Å²) in [6.07, 6.45) is 0.756. The Morgan fingerprint density at radius 1 is 1.73 bits per heavy atom. The van der Waals surface area contributed by atoms with Crippen molar-refractivity contribution >= 4 is 0 Å². The van der Waals surface area contributed by atoms with E-state index in [0.29, 0.717) is 6.42 Å². The molecular weight excluding hydrogens is 153 g/mol. The third-order valence-electron chi connectivity index (χ3n) is 1.23. The van der Waals surface area contributed by atoms with E-state index in [0.717, 1.165) is 12.8 Å². The molecule has 0 N–H and O–H groups in total. The molecule has 11 heavy (non-hydrogen) atoms. The highest BCUT2D eigenvalue weighted by molar-refractivity contribution is 4.52. The van der Waals surface area contributed by atoms with Gasteiger partial charge in [0.1, 0.15) is 12.8 Å². The zero-order valence-corrected chi connectivity index (χ0v) is 6.46. The van der Waals surface area contributed by atoms with E-state index in [1.807, 2.05) is 6.92 Å². The van der Waals surface area contributed by atoms with Crippen LogP contribution in [0.5, 0.6) is 0 Å². The normalized spacial score (nSPS) is 12.5. The Hall–Kier alpha value is -0.870. The van der Waals surface area contributed by atoms with Crippen molar-refractivity contribution in [1.82, 2.24) is 0 Å². The van der Waals surface area contributed by atoms with Gasteiger partial charge in [-0.1, -0.05) is 19.8 Å². The third-order valence-corrected chi connectivity index (χ3v) is 1.23. The lowest BCUT2D eigenvalue weighted by molar-refractivity contribution is -0.759. The van der Waals surface area contributed by atoms with Crippen molar-refractivity contribution < 1.29 is 14.3 Å². The van der Waals surface area contributed by atoms with Gasteiger partial charge in [-0.15, -0.1) is 10.1 Å². The highest BCUT2D eigenvalue weighted by atomic mass is 19.1. The Bertz CT molecular complexity index is 120. The molecule has 0 aliphatic heterocycles. The average molecular weight is 165 g/mol. The van der Waals surface area contributed by atoms with Gasteiger partial charge in [0.25, 0.3) is 5.09 Å². The van der Waals surface area contributed by atoms with E-state index < -0.39 is 17.9 Å². The second-order valence-electron chi connectivity index (χ2n) is 2.26. The van der Waals surface area contributed by atoms with Crippen LogP contribution in [0.2, 0.25) is 0 Å². The molecule has 66 valence electrons. The van der Waals surface area contributed by atoms with Crippen molar-refractivity contribution in [2.24, 2.45) is 0 Å². The summed E-state index contributed by atoms with van der Waals surface area (Å²) in [6, 6.07) is 0. The average Bonchev–Trinajstić information content (AvgIpc) is 1.97. The van der Waals surface area contributed by atoms with Crippen LogP contribution in [-0.2, 0) is 4.84 Å². The Morgan fingerprint density at radius 2 is 2.36 bits per heavy atom. The van der Waals surface area contributed by atoms with Gasteiger partial charge in [0.15, 0.2) is 0 Å². The lowest BCUT2D eigenvalue weighted by Gasteiger charge is -2.04. The molecule has 0 aromatic rings. The monoisotopic (exact) mass is 165 g/mol. The first-order valence-corrected chi connectivity index (χ1v) is 3.58. The Morgan fingerprint density at radius 3 is 2.82 bits per heavy atom. The number of hydrogen-bond donors (Lipinski definition) is 0. The van der Waals surface area contributed by atoms with Crippen molar-refractivity contribution in [3.05, 3.63) is 10.1 Å². The summed E-state index contributed by atoms with van der Waals surface area (Å²) in [5, 5.41) is 8.62. The van der Waals surface area contributed by atoms with E-state index in [1.165, 1.54) is 0 Å². The first-order valence-electron chi connectivity index (χ1n) is 3.58. The van der Waals surface area contributed by atoms with Crippen molar-refractivity contribution in [3.63, 3.8) is 0 Å². The minimum atomic E-state index is -1.21. The molecule has 1 unspecified atom stereocenters. The number of alkyl halides is 1. The molecule has 0 heterocycles. The van der Waals surface area contributed by atoms with Crippen LogP contribution in [0.15, 0.2) is 0 Å². The minimum Gasteiger partial charge on any atom is -0.311 e. The Labute approximate surface area is 64.5 Å². The maximum absolute atomic E-state index is 12.5. The molecule has 0 radical (unpaired) electrons. The van der Waals surface area contributed by atoms with E-state index in [-0.39, 0.29) is 0 Å². The van der Waals surface area contributed by atoms with Gasteiger partial charge in [-0.05, 0) is 6.42 Å². The van der Waals surface area contributed by atoms with Crippen LogP contribution in [0, 0.1) is 10.1 Å². The van der Waals surface area contributed by atoms with E-state index in [9.17, 15) is 14.5 Å². The van der Waals surface area contributed by atoms with Crippen molar-refractivity contribution in [2.75, 3.05) is 6.61 Å². The molecule has 0 rings (SSSR count). The van der Waals surface area contributed by atoms with Crippen LogP contribution < -0.4 is 0 Å². The van der Waals surface area contributed by atoms with Crippen LogP contribution in [0.3, 0.4) is 0 Å². The predicted octanol–water partition coefficient (Wildman–Crippen LogP) is 1.72. The van der Waals surface area contributed by atoms with Gasteiger partial charge >= 0.3 is 0 Å². The SMILES string of the molecule is CCCCC(F)CO[N+](=O)[O-]. The summed E-state index contributed by atoms with van der Waals surface area (Å²) in [7, 11) is 0. The summed E-state index contributed by atoms with van der Waals surface area (Å²) in [5.41, 5.74) is 0. The standard InChI is InChI=1S/C6H12FNO3/c1-2-3-4-6(7)5-11-8(9)10/h6H,2-5H2,1H3. The fourth-order valence-electron chi connectivity index (χ4n) is 0.651. The maximum atomic E-state index is 12.5. The van der Waals surface area contributed by atoms with Gasteiger partial charge in [-0.3, -0.25) is 0 Å². The number of hydrogen-bond acceptors (Lipinski definition) is 3. The van der Waals surface area contributed by atoms with Crippen molar-refractivity contribution in [1.29, 1.82) is 0 Å². The smallest absolute Gasteiger partial charge is 0.294 e. The van der Waals surface area contributed by atoms with Gasteiger partial charge < -0.3 is 4.84 Å². The second kappa shape index (κ2) is 5.88. The van der Waals surface area contributed by atoms with Crippen LogP contribution in [0.1, 0.15) is 26.2 Å². The van der Waals surface area contributed by atoms with E-state index in [2.05, 4.69) is 4.84 Å². The van der Waals surface area contributed by atoms with Gasteiger partial charge in [-0.25, -0.2) is 4.39 Å². The molecule has 0 amide bonds. The van der Waals surface area contributed by atoms with Crippen LogP contribution >= 0.6 is 0 Å². The molecule has 0 fully saturated rings. The molecule has 0 saturated carbocycles. The zero-order valence-electron chi connectivity index (χ0n) is 6.46. The molecule has 0 spiro atoms. The third kappa shape index (κ3) is 7.02. The first kappa shape index (κ1) is 10.1. The minimum absolute atomic E-state index is 0.338. The second-order valence-corrected chi connectivity index (χ2v) is 2.26. The van der Waals surface area contributed by atoms with Crippen molar-refractivity contribution in [2.45, 2.75) is 32.4 Å². The molecule has 0 aromatic heterocycles. The predicted molar refractivity (Wildman–Crippen MR) is 37.4 cm³/mol. The van der Waals surface area contributed by atoms with Gasteiger partial charge in [-0.2, -0.15) is 0 Å². The van der Waals surface area contributed by atoms with Crippen LogP contribution in [0.25, 0.3) is 0 Å². The Balaban J connectivity index is 3.22. The molecule has 1 atom stereocenters. The molecule has 0 aromatic carbocycles. The fraction of sp³-hybridized carbons (Fsp3) is 1.00. The van der Waals surface area contributed by atoms with Crippen molar-refractivity contribution in [3.8, 4) is 0 Å². The molecule has 5 heteroatoms. The number of halogens is 1. The molecule has 4 nitrogen and oxygen atoms in total. The molecule has 0 bridgehead atoms. The van der Waals surface area contributed by atoms with Gasteiger partial charge in [0.05, 0.1) is 0 Å². The molecule has 0 aliphatic rings.